The van der Waals surface area contributed by atoms with Crippen molar-refractivity contribution in [3.8, 4) is 0 Å². The van der Waals surface area contributed by atoms with Gasteiger partial charge in [0.2, 0.25) is 5.91 Å². The highest BCUT2D eigenvalue weighted by molar-refractivity contribution is 9.10. The summed E-state index contributed by atoms with van der Waals surface area (Å²) < 4.78 is 0.952. The molecule has 0 radical (unpaired) electrons. The summed E-state index contributed by atoms with van der Waals surface area (Å²) in [5, 5.41) is 8.90. The van der Waals surface area contributed by atoms with Gasteiger partial charge in [0.1, 0.15) is 12.4 Å². The van der Waals surface area contributed by atoms with Crippen molar-refractivity contribution in [3.05, 3.63) is 22.8 Å². The molecule has 1 fully saturated rings. The molecule has 1 aromatic rings. The van der Waals surface area contributed by atoms with Crippen LogP contribution in [0, 0.1) is 0 Å². The quantitative estimate of drug-likeness (QED) is 0.880. The van der Waals surface area contributed by atoms with Gasteiger partial charge in [-0.1, -0.05) is 0 Å². The second kappa shape index (κ2) is 5.67. The zero-order chi connectivity index (χ0) is 13.1. The predicted molar refractivity (Wildman–Crippen MR) is 72.4 cm³/mol. The summed E-state index contributed by atoms with van der Waals surface area (Å²) in [5.41, 5.74) is 0. The van der Waals surface area contributed by atoms with E-state index in [1.807, 2.05) is 19.1 Å². The highest BCUT2D eigenvalue weighted by Gasteiger charge is 2.27. The maximum atomic E-state index is 11.5. The van der Waals surface area contributed by atoms with Crippen LogP contribution in [-0.4, -0.2) is 53.2 Å². The van der Waals surface area contributed by atoms with E-state index in [2.05, 4.69) is 25.8 Å². The van der Waals surface area contributed by atoms with Crippen LogP contribution < -0.4 is 4.90 Å². The fourth-order valence-electron chi connectivity index (χ4n) is 2.18. The summed E-state index contributed by atoms with van der Waals surface area (Å²) in [7, 11) is 0. The molecule has 1 aromatic heterocycles. The number of carbonyl (C=O) groups is 1. The van der Waals surface area contributed by atoms with Gasteiger partial charge < -0.3 is 14.9 Å². The number of carbonyl (C=O) groups excluding carboxylic acids is 1. The van der Waals surface area contributed by atoms with Crippen molar-refractivity contribution in [2.24, 2.45) is 0 Å². The Balaban J connectivity index is 2.04. The van der Waals surface area contributed by atoms with Gasteiger partial charge in [-0.3, -0.25) is 4.79 Å². The normalized spacial score (nSPS) is 20.1. The molecular weight excluding hydrogens is 298 g/mol. The first-order chi connectivity index (χ1) is 8.61. The van der Waals surface area contributed by atoms with Crippen molar-refractivity contribution >= 4 is 27.7 Å². The fourth-order valence-corrected chi connectivity index (χ4v) is 2.42. The number of amides is 1. The highest BCUT2D eigenvalue weighted by atomic mass is 79.9. The van der Waals surface area contributed by atoms with Gasteiger partial charge in [-0.2, -0.15) is 0 Å². The molecule has 0 saturated carbocycles. The molecule has 98 valence electrons. The first-order valence-corrected chi connectivity index (χ1v) is 6.68. The molecule has 1 aliphatic rings. The smallest absolute Gasteiger partial charge is 0.248 e. The second-order valence-electron chi connectivity index (χ2n) is 4.37. The molecule has 0 aromatic carbocycles. The van der Waals surface area contributed by atoms with Gasteiger partial charge in [-0.15, -0.1) is 0 Å². The van der Waals surface area contributed by atoms with Crippen molar-refractivity contribution < 1.29 is 9.90 Å². The van der Waals surface area contributed by atoms with Crippen LogP contribution in [0.15, 0.2) is 22.8 Å². The number of aliphatic hydroxyl groups is 1. The summed E-state index contributed by atoms with van der Waals surface area (Å²) in [6.45, 7) is 3.67. The Morgan fingerprint density at radius 3 is 2.89 bits per heavy atom. The lowest BCUT2D eigenvalue weighted by atomic mass is 10.2. The van der Waals surface area contributed by atoms with E-state index in [0.29, 0.717) is 6.54 Å². The molecule has 18 heavy (non-hydrogen) atoms. The van der Waals surface area contributed by atoms with E-state index in [0.717, 1.165) is 23.4 Å². The minimum atomic E-state index is -0.416. The number of pyridine rings is 1. The topological polar surface area (TPSA) is 56.7 Å². The van der Waals surface area contributed by atoms with Crippen LogP contribution >= 0.6 is 15.9 Å². The zero-order valence-corrected chi connectivity index (χ0v) is 11.8. The Hall–Kier alpha value is -1.14. The summed E-state index contributed by atoms with van der Waals surface area (Å²) in [5.74, 6) is 0.715. The van der Waals surface area contributed by atoms with Crippen LogP contribution in [0.3, 0.4) is 0 Å². The minimum absolute atomic E-state index is 0.0869. The standard InChI is InChI=1S/C12H16BrN3O2/c1-9-7-15(4-5-16(9)12(18)8-17)11-3-2-10(13)6-14-11/h2-3,6,9,17H,4-5,7-8H2,1H3/t9-/m1/s1. The minimum Gasteiger partial charge on any atom is -0.387 e. The molecule has 1 atom stereocenters. The number of rotatable bonds is 2. The van der Waals surface area contributed by atoms with Gasteiger partial charge in [-0.25, -0.2) is 4.98 Å². The van der Waals surface area contributed by atoms with Gasteiger partial charge in [0.25, 0.3) is 0 Å². The molecule has 0 unspecified atom stereocenters. The van der Waals surface area contributed by atoms with Gasteiger partial charge in [-0.05, 0) is 35.0 Å². The van der Waals surface area contributed by atoms with Crippen LogP contribution in [0.4, 0.5) is 5.82 Å². The second-order valence-corrected chi connectivity index (χ2v) is 5.29. The van der Waals surface area contributed by atoms with Crippen LogP contribution in [0.25, 0.3) is 0 Å². The largest absolute Gasteiger partial charge is 0.387 e. The maximum absolute atomic E-state index is 11.5. The Morgan fingerprint density at radius 2 is 2.33 bits per heavy atom. The van der Waals surface area contributed by atoms with Gasteiger partial charge in [0.15, 0.2) is 0 Å². The summed E-state index contributed by atoms with van der Waals surface area (Å²) in [6, 6.07) is 4.00. The number of hydrogen-bond acceptors (Lipinski definition) is 4. The zero-order valence-electron chi connectivity index (χ0n) is 10.2. The average molecular weight is 314 g/mol. The van der Waals surface area contributed by atoms with Crippen LogP contribution in [0.2, 0.25) is 0 Å². The van der Waals surface area contributed by atoms with E-state index in [1.165, 1.54) is 0 Å². The monoisotopic (exact) mass is 313 g/mol. The van der Waals surface area contributed by atoms with Gasteiger partial charge in [0.05, 0.1) is 0 Å². The van der Waals surface area contributed by atoms with E-state index in [9.17, 15) is 4.79 Å². The van der Waals surface area contributed by atoms with E-state index >= 15 is 0 Å². The summed E-state index contributed by atoms with van der Waals surface area (Å²) in [6.07, 6.45) is 1.77. The van der Waals surface area contributed by atoms with Crippen molar-refractivity contribution in [2.75, 3.05) is 31.1 Å². The van der Waals surface area contributed by atoms with Crippen molar-refractivity contribution in [1.29, 1.82) is 0 Å². The van der Waals surface area contributed by atoms with Crippen molar-refractivity contribution in [2.45, 2.75) is 13.0 Å². The van der Waals surface area contributed by atoms with E-state index in [4.69, 9.17) is 5.11 Å². The molecule has 1 saturated heterocycles. The first kappa shape index (κ1) is 13.3. The maximum Gasteiger partial charge on any atom is 0.248 e. The summed E-state index contributed by atoms with van der Waals surface area (Å²) >= 11 is 3.36. The molecule has 1 amide bonds. The number of aromatic nitrogens is 1. The predicted octanol–water partition coefficient (Wildman–Crippen LogP) is 0.873. The lowest BCUT2D eigenvalue weighted by Gasteiger charge is -2.40. The Bertz CT molecular complexity index is 424. The molecule has 0 bridgehead atoms. The molecule has 1 N–H and O–H groups in total. The third-order valence-corrected chi connectivity index (χ3v) is 3.59. The molecular formula is C12H16BrN3O2. The van der Waals surface area contributed by atoms with E-state index < -0.39 is 6.61 Å². The number of hydrogen-bond donors (Lipinski definition) is 1. The number of anilines is 1. The SMILES string of the molecule is C[C@@H]1CN(c2ccc(Br)cn2)CCN1C(=O)CO. The molecule has 6 heteroatoms. The third-order valence-electron chi connectivity index (χ3n) is 3.12. The molecule has 2 rings (SSSR count). The fraction of sp³-hybridized carbons (Fsp3) is 0.500. The number of nitrogens with zero attached hydrogens (tertiary/aromatic N) is 3. The number of piperazine rings is 1. The average Bonchev–Trinajstić information content (AvgIpc) is 2.38. The highest BCUT2D eigenvalue weighted by Crippen LogP contribution is 2.18. The number of aliphatic hydroxyl groups excluding tert-OH is 1. The Kier molecular flexibility index (Phi) is 4.19. The van der Waals surface area contributed by atoms with Crippen molar-refractivity contribution in [1.82, 2.24) is 9.88 Å². The molecule has 0 spiro atoms. The Morgan fingerprint density at radius 1 is 1.56 bits per heavy atom. The molecule has 1 aliphatic heterocycles. The summed E-state index contributed by atoms with van der Waals surface area (Å²) in [4.78, 5) is 19.7. The van der Waals surface area contributed by atoms with Crippen molar-refractivity contribution in [3.63, 3.8) is 0 Å². The third kappa shape index (κ3) is 2.81. The van der Waals surface area contributed by atoms with E-state index in [-0.39, 0.29) is 11.9 Å². The first-order valence-electron chi connectivity index (χ1n) is 5.88. The Labute approximate surface area is 115 Å². The van der Waals surface area contributed by atoms with Gasteiger partial charge >= 0.3 is 0 Å². The number of halogens is 1. The van der Waals surface area contributed by atoms with Gasteiger partial charge in [0, 0.05) is 36.3 Å². The van der Waals surface area contributed by atoms with Crippen LogP contribution in [0.1, 0.15) is 6.92 Å². The van der Waals surface area contributed by atoms with Crippen LogP contribution in [-0.2, 0) is 4.79 Å². The lowest BCUT2D eigenvalue weighted by molar-refractivity contribution is -0.136. The van der Waals surface area contributed by atoms with E-state index in [1.54, 1.807) is 11.1 Å². The molecule has 5 nitrogen and oxygen atoms in total. The lowest BCUT2D eigenvalue weighted by Crippen LogP contribution is -2.55. The van der Waals surface area contributed by atoms with Crippen LogP contribution in [0.5, 0.6) is 0 Å². The molecule has 0 aliphatic carbocycles. The molecule has 2 heterocycles.